The monoisotopic (exact) mass is 346 g/mol. The number of carbonyl (C=O) groups excluding carboxylic acids is 2. The Kier molecular flexibility index (Phi) is 14.6. The van der Waals surface area contributed by atoms with E-state index >= 15 is 0 Å². The summed E-state index contributed by atoms with van der Waals surface area (Å²) in [6.07, 6.45) is 4.51. The predicted molar refractivity (Wildman–Crippen MR) is 89.5 cm³/mol. The molecule has 0 aromatic heterocycles. The Balaban J connectivity index is 0. The Morgan fingerprint density at radius 2 is 1.04 bits per heavy atom. The summed E-state index contributed by atoms with van der Waals surface area (Å²) >= 11 is 0. The van der Waals surface area contributed by atoms with Gasteiger partial charge in [0.25, 0.3) is 0 Å². The summed E-state index contributed by atoms with van der Waals surface area (Å²) < 4.78 is 0. The molecular weight excluding hydrogens is 316 g/mol. The molecule has 0 saturated heterocycles. The molecule has 0 heterocycles. The minimum absolute atomic E-state index is 0.293. The van der Waals surface area contributed by atoms with Crippen LogP contribution in [0.15, 0.2) is 0 Å². The number of carboxylic acids is 2. The lowest BCUT2D eigenvalue weighted by atomic mass is 10.1. The summed E-state index contributed by atoms with van der Waals surface area (Å²) in [5.41, 5.74) is 0. The average molecular weight is 346 g/mol. The van der Waals surface area contributed by atoms with Crippen LogP contribution in [0.3, 0.4) is 0 Å². The zero-order valence-electron chi connectivity index (χ0n) is 14.9. The summed E-state index contributed by atoms with van der Waals surface area (Å²) in [6, 6.07) is -1.44. The van der Waals surface area contributed by atoms with Gasteiger partial charge in [0.15, 0.2) is 0 Å². The van der Waals surface area contributed by atoms with E-state index in [1.807, 2.05) is 13.8 Å². The van der Waals surface area contributed by atoms with Crippen molar-refractivity contribution in [2.45, 2.75) is 78.3 Å². The fraction of sp³-hybridized carbons (Fsp3) is 0.750. The Labute approximate surface area is 143 Å². The van der Waals surface area contributed by atoms with E-state index in [4.69, 9.17) is 10.2 Å². The van der Waals surface area contributed by atoms with Crippen molar-refractivity contribution < 1.29 is 29.4 Å². The van der Waals surface area contributed by atoms with Crippen molar-refractivity contribution >= 4 is 23.8 Å². The molecular formula is C16H30N2O6. The first-order valence-electron chi connectivity index (χ1n) is 8.15. The average Bonchev–Trinajstić information content (AvgIpc) is 2.47. The highest BCUT2D eigenvalue weighted by molar-refractivity contribution is 5.82. The summed E-state index contributed by atoms with van der Waals surface area (Å²) in [7, 11) is 0. The largest absolute Gasteiger partial charge is 0.480 e. The van der Waals surface area contributed by atoms with Crippen LogP contribution >= 0.6 is 0 Å². The van der Waals surface area contributed by atoms with Gasteiger partial charge in [0.05, 0.1) is 0 Å². The third-order valence-corrected chi connectivity index (χ3v) is 3.04. The summed E-state index contributed by atoms with van der Waals surface area (Å²) in [6.45, 7) is 6.60. The van der Waals surface area contributed by atoms with Crippen LogP contribution in [0.5, 0.6) is 0 Å². The number of unbranched alkanes of at least 4 members (excludes halogenated alkanes) is 2. The second kappa shape index (κ2) is 14.5. The van der Waals surface area contributed by atoms with Gasteiger partial charge in [-0.05, 0) is 12.8 Å². The van der Waals surface area contributed by atoms with Crippen LogP contribution in [0.25, 0.3) is 0 Å². The fourth-order valence-electron chi connectivity index (χ4n) is 1.82. The Morgan fingerprint density at radius 1 is 0.750 bits per heavy atom. The van der Waals surface area contributed by atoms with Gasteiger partial charge in [0, 0.05) is 13.8 Å². The number of carbonyl (C=O) groups is 4. The smallest absolute Gasteiger partial charge is 0.326 e. The van der Waals surface area contributed by atoms with Crippen LogP contribution in [-0.2, 0) is 19.2 Å². The molecule has 0 bridgehead atoms. The van der Waals surface area contributed by atoms with E-state index in [0.717, 1.165) is 25.7 Å². The van der Waals surface area contributed by atoms with Crippen molar-refractivity contribution in [3.05, 3.63) is 0 Å². The zero-order chi connectivity index (χ0) is 19.1. The van der Waals surface area contributed by atoms with Gasteiger partial charge in [-0.25, -0.2) is 9.59 Å². The van der Waals surface area contributed by atoms with Gasteiger partial charge in [-0.2, -0.15) is 0 Å². The molecule has 0 aromatic carbocycles. The summed E-state index contributed by atoms with van der Waals surface area (Å²) in [4.78, 5) is 42.1. The van der Waals surface area contributed by atoms with E-state index in [0.29, 0.717) is 12.8 Å². The number of carboxylic acid groups (broad SMARTS) is 2. The molecule has 0 aromatic rings. The van der Waals surface area contributed by atoms with Gasteiger partial charge >= 0.3 is 11.9 Å². The van der Waals surface area contributed by atoms with Crippen LogP contribution < -0.4 is 10.6 Å². The molecule has 8 heteroatoms. The molecule has 0 spiro atoms. The third-order valence-electron chi connectivity index (χ3n) is 3.04. The van der Waals surface area contributed by atoms with Gasteiger partial charge in [-0.1, -0.05) is 39.5 Å². The molecule has 2 atom stereocenters. The molecule has 140 valence electrons. The first-order chi connectivity index (χ1) is 11.1. The van der Waals surface area contributed by atoms with Gasteiger partial charge in [0.2, 0.25) is 11.8 Å². The molecule has 0 saturated carbocycles. The highest BCUT2D eigenvalue weighted by atomic mass is 16.4. The van der Waals surface area contributed by atoms with E-state index in [1.165, 1.54) is 13.8 Å². The molecule has 0 radical (unpaired) electrons. The number of rotatable bonds is 10. The van der Waals surface area contributed by atoms with Crippen LogP contribution in [-0.4, -0.2) is 46.0 Å². The highest BCUT2D eigenvalue weighted by Gasteiger charge is 2.17. The summed E-state index contributed by atoms with van der Waals surface area (Å²) in [5, 5.41) is 22.0. The second-order valence-corrected chi connectivity index (χ2v) is 5.47. The molecule has 8 nitrogen and oxygen atoms in total. The standard InChI is InChI=1S/2C8H15NO3/c2*1-3-4-5-7(8(11)12)9-6(2)10/h2*7H,3-5H2,1-2H3,(H,9,10)(H,11,12). The van der Waals surface area contributed by atoms with E-state index in [9.17, 15) is 19.2 Å². The molecule has 4 N–H and O–H groups in total. The van der Waals surface area contributed by atoms with E-state index in [2.05, 4.69) is 10.6 Å². The molecule has 2 unspecified atom stereocenters. The molecule has 24 heavy (non-hydrogen) atoms. The van der Waals surface area contributed by atoms with Crippen LogP contribution in [0, 0.1) is 0 Å². The van der Waals surface area contributed by atoms with Gasteiger partial charge in [0.1, 0.15) is 12.1 Å². The molecule has 0 rings (SSSR count). The SMILES string of the molecule is CCCCC(NC(C)=O)C(=O)O.CCCCC(NC(C)=O)C(=O)O. The van der Waals surface area contributed by atoms with Gasteiger partial charge < -0.3 is 20.8 Å². The second-order valence-electron chi connectivity index (χ2n) is 5.47. The van der Waals surface area contributed by atoms with Crippen molar-refractivity contribution in [2.75, 3.05) is 0 Å². The van der Waals surface area contributed by atoms with Crippen molar-refractivity contribution in [3.8, 4) is 0 Å². The fourth-order valence-corrected chi connectivity index (χ4v) is 1.82. The van der Waals surface area contributed by atoms with Crippen molar-refractivity contribution in [1.82, 2.24) is 10.6 Å². The minimum atomic E-state index is -0.960. The molecule has 0 aliphatic carbocycles. The van der Waals surface area contributed by atoms with Crippen molar-refractivity contribution in [3.63, 3.8) is 0 Å². The Bertz CT molecular complexity index is 373. The number of hydrogen-bond donors (Lipinski definition) is 4. The first-order valence-corrected chi connectivity index (χ1v) is 8.15. The highest BCUT2D eigenvalue weighted by Crippen LogP contribution is 2.01. The zero-order valence-corrected chi connectivity index (χ0v) is 14.9. The Morgan fingerprint density at radius 3 is 1.21 bits per heavy atom. The van der Waals surface area contributed by atoms with Crippen LogP contribution in [0.1, 0.15) is 66.2 Å². The summed E-state index contributed by atoms with van der Waals surface area (Å²) in [5.74, 6) is -2.51. The van der Waals surface area contributed by atoms with Gasteiger partial charge in [-0.15, -0.1) is 0 Å². The lowest BCUT2D eigenvalue weighted by Gasteiger charge is -2.11. The molecule has 0 fully saturated rings. The predicted octanol–water partition coefficient (Wildman–Crippen LogP) is 1.53. The lowest BCUT2D eigenvalue weighted by molar-refractivity contribution is -0.142. The number of hydrogen-bond acceptors (Lipinski definition) is 4. The van der Waals surface area contributed by atoms with Crippen LogP contribution in [0.2, 0.25) is 0 Å². The van der Waals surface area contributed by atoms with Crippen LogP contribution in [0.4, 0.5) is 0 Å². The number of aliphatic carboxylic acids is 2. The first kappa shape index (κ1) is 24.1. The lowest BCUT2D eigenvalue weighted by Crippen LogP contribution is -2.39. The maximum absolute atomic E-state index is 10.5. The van der Waals surface area contributed by atoms with E-state index < -0.39 is 24.0 Å². The van der Waals surface area contributed by atoms with Crippen molar-refractivity contribution in [2.24, 2.45) is 0 Å². The number of nitrogens with one attached hydrogen (secondary N) is 2. The van der Waals surface area contributed by atoms with E-state index in [-0.39, 0.29) is 11.8 Å². The number of amides is 2. The maximum atomic E-state index is 10.5. The van der Waals surface area contributed by atoms with Gasteiger partial charge in [-0.3, -0.25) is 9.59 Å². The van der Waals surface area contributed by atoms with Crippen molar-refractivity contribution in [1.29, 1.82) is 0 Å². The molecule has 0 aliphatic heterocycles. The molecule has 2 amide bonds. The quantitative estimate of drug-likeness (QED) is 0.474. The normalized spacial score (nSPS) is 12.2. The Hall–Kier alpha value is -2.12. The topological polar surface area (TPSA) is 133 Å². The molecule has 0 aliphatic rings. The maximum Gasteiger partial charge on any atom is 0.326 e. The van der Waals surface area contributed by atoms with E-state index in [1.54, 1.807) is 0 Å². The minimum Gasteiger partial charge on any atom is -0.480 e. The third kappa shape index (κ3) is 14.8.